The van der Waals surface area contributed by atoms with Gasteiger partial charge in [0.15, 0.2) is 5.82 Å². The van der Waals surface area contributed by atoms with Crippen molar-refractivity contribution in [1.29, 1.82) is 0 Å². The first-order chi connectivity index (χ1) is 11.1. The first kappa shape index (κ1) is 16.3. The van der Waals surface area contributed by atoms with E-state index in [1.807, 2.05) is 29.8 Å². The maximum absolute atomic E-state index is 11.3. The van der Waals surface area contributed by atoms with Crippen molar-refractivity contribution in [3.63, 3.8) is 0 Å². The number of aromatic nitrogens is 3. The number of benzene rings is 1. The fraction of sp³-hybridized carbons (Fsp3) is 0.438. The Balaban J connectivity index is 1.86. The molecule has 1 fully saturated rings. The third-order valence-corrected chi connectivity index (χ3v) is 4.78. The van der Waals surface area contributed by atoms with Gasteiger partial charge in [0.05, 0.1) is 0 Å². The summed E-state index contributed by atoms with van der Waals surface area (Å²) in [5, 5.41) is 8.72. The van der Waals surface area contributed by atoms with Gasteiger partial charge in [-0.05, 0) is 31.0 Å². The van der Waals surface area contributed by atoms with E-state index in [0.29, 0.717) is 35.3 Å². The molecule has 0 saturated carbocycles. The lowest BCUT2D eigenvalue weighted by molar-refractivity contribution is -0.122. The first-order valence-electron chi connectivity index (χ1n) is 7.71. The highest BCUT2D eigenvalue weighted by molar-refractivity contribution is 6.36. The van der Waals surface area contributed by atoms with Crippen molar-refractivity contribution in [3.8, 4) is 0 Å². The Bertz CT molecular complexity index is 699. The molecule has 1 N–H and O–H groups in total. The normalized spacial score (nSPS) is 18.0. The van der Waals surface area contributed by atoms with Gasteiger partial charge >= 0.3 is 0 Å². The molecule has 0 bridgehead atoms. The number of carbonyl (C=O) groups is 1. The molecule has 23 heavy (non-hydrogen) atoms. The van der Waals surface area contributed by atoms with E-state index in [0.717, 1.165) is 24.4 Å². The molecule has 0 unspecified atom stereocenters. The second-order valence-corrected chi connectivity index (χ2v) is 6.43. The number of hydrogen-bond donors (Lipinski definition) is 1. The van der Waals surface area contributed by atoms with Crippen LogP contribution < -0.4 is 5.32 Å². The molecule has 1 aromatic heterocycles. The fourth-order valence-corrected chi connectivity index (χ4v) is 3.36. The number of rotatable bonds is 4. The maximum atomic E-state index is 11.3. The molecular weight excluding hydrogens is 335 g/mol. The van der Waals surface area contributed by atoms with E-state index in [2.05, 4.69) is 10.4 Å². The standard InChI is InChI=1S/C16H18Cl2N4O/c1-2-22-16(10-6-7-15(23)19-9-10)20-14(21-22)8-11-12(17)4-3-5-13(11)18/h3-5,10H,2,6-9H2,1H3,(H,19,23)/t10-/m1/s1. The van der Waals surface area contributed by atoms with Crippen LogP contribution in [-0.2, 0) is 17.8 Å². The predicted octanol–water partition coefficient (Wildman–Crippen LogP) is 3.19. The molecule has 0 radical (unpaired) electrons. The summed E-state index contributed by atoms with van der Waals surface area (Å²) in [7, 11) is 0. The van der Waals surface area contributed by atoms with Crippen molar-refractivity contribution in [2.45, 2.75) is 38.6 Å². The molecule has 1 saturated heterocycles. The van der Waals surface area contributed by atoms with Crippen LogP contribution in [-0.4, -0.2) is 27.2 Å². The summed E-state index contributed by atoms with van der Waals surface area (Å²) in [6.07, 6.45) is 1.83. The lowest BCUT2D eigenvalue weighted by Gasteiger charge is -2.21. The number of piperidine rings is 1. The topological polar surface area (TPSA) is 59.8 Å². The molecule has 2 aromatic rings. The zero-order valence-electron chi connectivity index (χ0n) is 12.9. The summed E-state index contributed by atoms with van der Waals surface area (Å²) in [6, 6.07) is 5.46. The van der Waals surface area contributed by atoms with E-state index in [-0.39, 0.29) is 11.8 Å². The minimum Gasteiger partial charge on any atom is -0.355 e. The molecule has 2 heterocycles. The largest absolute Gasteiger partial charge is 0.355 e. The van der Waals surface area contributed by atoms with Crippen molar-refractivity contribution in [2.75, 3.05) is 6.54 Å². The van der Waals surface area contributed by atoms with Crippen LogP contribution in [0.3, 0.4) is 0 Å². The molecular formula is C16H18Cl2N4O. The van der Waals surface area contributed by atoms with Gasteiger partial charge in [0, 0.05) is 41.9 Å². The van der Waals surface area contributed by atoms with Crippen molar-refractivity contribution in [1.82, 2.24) is 20.1 Å². The molecule has 0 spiro atoms. The molecule has 1 atom stereocenters. The Morgan fingerprint density at radius 3 is 2.70 bits per heavy atom. The van der Waals surface area contributed by atoms with Gasteiger partial charge in [-0.15, -0.1) is 0 Å². The number of aryl methyl sites for hydroxylation is 1. The van der Waals surface area contributed by atoms with Crippen LogP contribution >= 0.6 is 23.2 Å². The van der Waals surface area contributed by atoms with Crippen molar-refractivity contribution >= 4 is 29.1 Å². The number of amides is 1. The highest BCUT2D eigenvalue weighted by atomic mass is 35.5. The molecule has 1 aliphatic rings. The minimum absolute atomic E-state index is 0.104. The summed E-state index contributed by atoms with van der Waals surface area (Å²) < 4.78 is 1.90. The summed E-state index contributed by atoms with van der Waals surface area (Å²) in [6.45, 7) is 3.39. The summed E-state index contributed by atoms with van der Waals surface area (Å²) in [4.78, 5) is 16.0. The first-order valence-corrected chi connectivity index (χ1v) is 8.47. The highest BCUT2D eigenvalue weighted by Gasteiger charge is 2.25. The van der Waals surface area contributed by atoms with Crippen molar-refractivity contribution in [2.24, 2.45) is 0 Å². The van der Waals surface area contributed by atoms with Gasteiger partial charge in [-0.3, -0.25) is 4.79 Å². The Morgan fingerprint density at radius 1 is 1.35 bits per heavy atom. The van der Waals surface area contributed by atoms with Crippen LogP contribution in [0.2, 0.25) is 10.0 Å². The van der Waals surface area contributed by atoms with Gasteiger partial charge in [0.2, 0.25) is 5.91 Å². The third-order valence-electron chi connectivity index (χ3n) is 4.07. The van der Waals surface area contributed by atoms with Gasteiger partial charge in [-0.1, -0.05) is 29.3 Å². The second kappa shape index (κ2) is 6.89. The summed E-state index contributed by atoms with van der Waals surface area (Å²) in [5.74, 6) is 1.93. The Labute approximate surface area is 145 Å². The summed E-state index contributed by atoms with van der Waals surface area (Å²) >= 11 is 12.5. The lowest BCUT2D eigenvalue weighted by Crippen LogP contribution is -2.34. The predicted molar refractivity (Wildman–Crippen MR) is 89.9 cm³/mol. The molecule has 1 aromatic carbocycles. The van der Waals surface area contributed by atoms with Crippen molar-refractivity contribution < 1.29 is 4.79 Å². The SMILES string of the molecule is CCn1nc(Cc2c(Cl)cccc2Cl)nc1[C@@H]1CCC(=O)NC1. The maximum Gasteiger partial charge on any atom is 0.220 e. The van der Waals surface area contributed by atoms with Crippen LogP contribution in [0.4, 0.5) is 0 Å². The van der Waals surface area contributed by atoms with Gasteiger partial charge in [0.1, 0.15) is 5.82 Å². The second-order valence-electron chi connectivity index (χ2n) is 5.62. The zero-order valence-corrected chi connectivity index (χ0v) is 14.4. The Hall–Kier alpha value is -1.59. The molecule has 122 valence electrons. The van der Waals surface area contributed by atoms with Crippen molar-refractivity contribution in [3.05, 3.63) is 45.5 Å². The van der Waals surface area contributed by atoms with Crippen LogP contribution in [0.25, 0.3) is 0 Å². The number of hydrogen-bond acceptors (Lipinski definition) is 3. The van der Waals surface area contributed by atoms with Crippen LogP contribution in [0.5, 0.6) is 0 Å². The van der Waals surface area contributed by atoms with E-state index in [4.69, 9.17) is 28.2 Å². The molecule has 1 amide bonds. The van der Waals surface area contributed by atoms with Crippen LogP contribution in [0.1, 0.15) is 42.9 Å². The van der Waals surface area contributed by atoms with E-state index in [1.165, 1.54) is 0 Å². The van der Waals surface area contributed by atoms with E-state index in [9.17, 15) is 4.79 Å². The van der Waals surface area contributed by atoms with E-state index >= 15 is 0 Å². The molecule has 3 rings (SSSR count). The molecule has 1 aliphatic heterocycles. The quantitative estimate of drug-likeness (QED) is 0.918. The minimum atomic E-state index is 0.104. The Morgan fingerprint density at radius 2 is 2.09 bits per heavy atom. The average molecular weight is 353 g/mol. The molecule has 0 aliphatic carbocycles. The fourth-order valence-electron chi connectivity index (χ4n) is 2.83. The highest BCUT2D eigenvalue weighted by Crippen LogP contribution is 2.27. The van der Waals surface area contributed by atoms with E-state index < -0.39 is 0 Å². The van der Waals surface area contributed by atoms with Gasteiger partial charge < -0.3 is 5.32 Å². The zero-order chi connectivity index (χ0) is 16.4. The smallest absolute Gasteiger partial charge is 0.220 e. The number of nitrogens with zero attached hydrogens (tertiary/aromatic N) is 3. The monoisotopic (exact) mass is 352 g/mol. The number of carbonyl (C=O) groups excluding carboxylic acids is 1. The number of halogens is 2. The summed E-state index contributed by atoms with van der Waals surface area (Å²) in [5.41, 5.74) is 0.840. The average Bonchev–Trinajstić information content (AvgIpc) is 2.95. The lowest BCUT2D eigenvalue weighted by atomic mass is 9.98. The molecule has 7 heteroatoms. The van der Waals surface area contributed by atoms with Gasteiger partial charge in [0.25, 0.3) is 0 Å². The van der Waals surface area contributed by atoms with E-state index in [1.54, 1.807) is 0 Å². The van der Waals surface area contributed by atoms with Gasteiger partial charge in [-0.25, -0.2) is 9.67 Å². The molecule has 5 nitrogen and oxygen atoms in total. The Kier molecular flexibility index (Phi) is 4.87. The third kappa shape index (κ3) is 3.51. The number of nitrogens with one attached hydrogen (secondary N) is 1. The van der Waals surface area contributed by atoms with Gasteiger partial charge in [-0.2, -0.15) is 5.10 Å². The van der Waals surface area contributed by atoms with Crippen LogP contribution in [0.15, 0.2) is 18.2 Å². The van der Waals surface area contributed by atoms with Crippen LogP contribution in [0, 0.1) is 0 Å².